The highest BCUT2D eigenvalue weighted by Crippen LogP contribution is 2.26. The lowest BCUT2D eigenvalue weighted by Gasteiger charge is -2.40. The number of amides is 1. The number of piperidine rings is 1. The lowest BCUT2D eigenvalue weighted by molar-refractivity contribution is -0.130. The highest BCUT2D eigenvalue weighted by atomic mass is 35.5. The van der Waals surface area contributed by atoms with E-state index in [9.17, 15) is 13.2 Å². The van der Waals surface area contributed by atoms with E-state index in [-0.39, 0.29) is 53.7 Å². The molecule has 1 amide bonds. The molecule has 0 aromatic carbocycles. The van der Waals surface area contributed by atoms with E-state index in [1.807, 2.05) is 0 Å². The number of nitriles is 1. The standard InChI is InChI=1S/C19H27N5O3S.2ClH/c1-19(22-14-18(25)24-9-3-4-15(24)12-20)7-10-23(11-8-19)17-6-5-16(13-21-17)28(2,26)27;;/h5-6,13,15,22H,3-4,7-11,14H2,1-2H3;2*1H/t15-;;/m0../s1. The van der Waals surface area contributed by atoms with Gasteiger partial charge in [0.15, 0.2) is 9.84 Å². The monoisotopic (exact) mass is 477 g/mol. The molecule has 3 heterocycles. The maximum absolute atomic E-state index is 12.4. The maximum Gasteiger partial charge on any atom is 0.237 e. The number of rotatable bonds is 5. The van der Waals surface area contributed by atoms with Crippen LogP contribution in [0.15, 0.2) is 23.2 Å². The van der Waals surface area contributed by atoms with Crippen LogP contribution < -0.4 is 10.2 Å². The van der Waals surface area contributed by atoms with Crippen molar-refractivity contribution in [2.24, 2.45) is 0 Å². The van der Waals surface area contributed by atoms with Crippen LogP contribution in [0.3, 0.4) is 0 Å². The Morgan fingerprint density at radius 1 is 1.30 bits per heavy atom. The van der Waals surface area contributed by atoms with Crippen LogP contribution >= 0.6 is 24.8 Å². The van der Waals surface area contributed by atoms with E-state index >= 15 is 0 Å². The molecule has 1 atom stereocenters. The van der Waals surface area contributed by atoms with Crippen molar-refractivity contribution >= 4 is 46.4 Å². The molecule has 168 valence electrons. The molecule has 8 nitrogen and oxygen atoms in total. The Labute approximate surface area is 190 Å². The summed E-state index contributed by atoms with van der Waals surface area (Å²) in [6.45, 7) is 4.57. The fourth-order valence-corrected chi connectivity index (χ4v) is 4.33. The molecule has 0 saturated carbocycles. The first-order chi connectivity index (χ1) is 13.2. The van der Waals surface area contributed by atoms with Gasteiger partial charge in [-0.3, -0.25) is 4.79 Å². The summed E-state index contributed by atoms with van der Waals surface area (Å²) in [6, 6.07) is 5.25. The summed E-state index contributed by atoms with van der Waals surface area (Å²) < 4.78 is 23.1. The third kappa shape index (κ3) is 6.20. The molecule has 1 aromatic heterocycles. The molecule has 30 heavy (non-hydrogen) atoms. The fourth-order valence-electron chi connectivity index (χ4n) is 3.77. The molecule has 0 aliphatic carbocycles. The quantitative estimate of drug-likeness (QED) is 0.688. The van der Waals surface area contributed by atoms with Crippen LogP contribution in [-0.4, -0.2) is 68.2 Å². The largest absolute Gasteiger partial charge is 0.356 e. The van der Waals surface area contributed by atoms with E-state index in [2.05, 4.69) is 28.2 Å². The number of hydrogen-bond acceptors (Lipinski definition) is 7. The Morgan fingerprint density at radius 3 is 2.50 bits per heavy atom. The zero-order valence-corrected chi connectivity index (χ0v) is 19.7. The lowest BCUT2D eigenvalue weighted by Crippen LogP contribution is -2.54. The second-order valence-corrected chi connectivity index (χ2v) is 9.92. The third-order valence-electron chi connectivity index (χ3n) is 5.73. The van der Waals surface area contributed by atoms with Gasteiger partial charge in [0.25, 0.3) is 0 Å². The first-order valence-corrected chi connectivity index (χ1v) is 11.5. The molecule has 2 saturated heterocycles. The highest BCUT2D eigenvalue weighted by Gasteiger charge is 2.33. The number of carbonyl (C=O) groups excluding carboxylic acids is 1. The summed E-state index contributed by atoms with van der Waals surface area (Å²) in [5.74, 6) is 0.755. The van der Waals surface area contributed by atoms with Gasteiger partial charge in [0.1, 0.15) is 11.9 Å². The summed E-state index contributed by atoms with van der Waals surface area (Å²) in [4.78, 5) is 20.8. The Morgan fingerprint density at radius 2 is 1.97 bits per heavy atom. The zero-order valence-electron chi connectivity index (χ0n) is 17.2. The molecule has 0 spiro atoms. The van der Waals surface area contributed by atoms with Gasteiger partial charge in [-0.15, -0.1) is 24.8 Å². The topological polar surface area (TPSA) is 106 Å². The van der Waals surface area contributed by atoms with Crippen molar-refractivity contribution in [2.45, 2.75) is 49.1 Å². The smallest absolute Gasteiger partial charge is 0.237 e. The summed E-state index contributed by atoms with van der Waals surface area (Å²) in [6.07, 6.45) is 5.91. The van der Waals surface area contributed by atoms with Crippen LogP contribution in [-0.2, 0) is 14.6 Å². The molecule has 11 heteroatoms. The van der Waals surface area contributed by atoms with Gasteiger partial charge in [-0.05, 0) is 44.7 Å². The van der Waals surface area contributed by atoms with Crippen LogP contribution in [0.2, 0.25) is 0 Å². The number of halogens is 2. The van der Waals surface area contributed by atoms with Gasteiger partial charge in [0, 0.05) is 37.6 Å². The van der Waals surface area contributed by atoms with E-state index in [0.717, 1.165) is 44.6 Å². The average molecular weight is 478 g/mol. The molecule has 2 fully saturated rings. The molecule has 2 aliphatic heterocycles. The minimum Gasteiger partial charge on any atom is -0.356 e. The Kier molecular flexibility index (Phi) is 9.36. The summed E-state index contributed by atoms with van der Waals surface area (Å²) in [5.41, 5.74) is -0.152. The van der Waals surface area contributed by atoms with Crippen LogP contribution in [0.4, 0.5) is 5.82 Å². The van der Waals surface area contributed by atoms with Crippen molar-refractivity contribution in [1.82, 2.24) is 15.2 Å². The molecule has 2 aliphatic rings. The predicted octanol–water partition coefficient (Wildman–Crippen LogP) is 1.79. The number of pyridine rings is 1. The van der Waals surface area contributed by atoms with Gasteiger partial charge in [0.2, 0.25) is 5.91 Å². The first-order valence-electron chi connectivity index (χ1n) is 9.57. The van der Waals surface area contributed by atoms with Crippen LogP contribution in [0.5, 0.6) is 0 Å². The molecule has 0 bridgehead atoms. The lowest BCUT2D eigenvalue weighted by atomic mass is 9.89. The first kappa shape index (κ1) is 26.4. The number of carbonyl (C=O) groups is 1. The second-order valence-electron chi connectivity index (χ2n) is 7.90. The Bertz CT molecular complexity index is 865. The minimum atomic E-state index is -3.24. The Balaban J connectivity index is 0.00000225. The van der Waals surface area contributed by atoms with E-state index in [1.54, 1.807) is 17.0 Å². The predicted molar refractivity (Wildman–Crippen MR) is 120 cm³/mol. The minimum absolute atomic E-state index is 0. The number of nitrogens with zero attached hydrogens (tertiary/aromatic N) is 4. The third-order valence-corrected chi connectivity index (χ3v) is 6.83. The second kappa shape index (κ2) is 10.6. The maximum atomic E-state index is 12.4. The van der Waals surface area contributed by atoms with Crippen molar-refractivity contribution in [1.29, 1.82) is 5.26 Å². The van der Waals surface area contributed by atoms with Gasteiger partial charge in [-0.2, -0.15) is 5.26 Å². The van der Waals surface area contributed by atoms with Crippen molar-refractivity contribution in [3.8, 4) is 6.07 Å². The number of hydrogen-bond donors (Lipinski definition) is 1. The van der Waals surface area contributed by atoms with Crippen molar-refractivity contribution in [3.05, 3.63) is 18.3 Å². The number of aromatic nitrogens is 1. The van der Waals surface area contributed by atoms with E-state index < -0.39 is 9.84 Å². The summed E-state index contributed by atoms with van der Waals surface area (Å²) >= 11 is 0. The number of nitrogens with one attached hydrogen (secondary N) is 1. The molecular formula is C19H29Cl2N5O3S. The Hall–Kier alpha value is -1.60. The van der Waals surface area contributed by atoms with Gasteiger partial charge >= 0.3 is 0 Å². The zero-order chi connectivity index (χ0) is 20.4. The number of anilines is 1. The molecular weight excluding hydrogens is 449 g/mol. The van der Waals surface area contributed by atoms with Crippen LogP contribution in [0.1, 0.15) is 32.6 Å². The molecule has 0 radical (unpaired) electrons. The highest BCUT2D eigenvalue weighted by molar-refractivity contribution is 7.90. The van der Waals surface area contributed by atoms with E-state index in [1.165, 1.54) is 12.5 Å². The van der Waals surface area contributed by atoms with Crippen LogP contribution in [0, 0.1) is 11.3 Å². The number of sulfone groups is 1. The normalized spacial score (nSPS) is 20.6. The van der Waals surface area contributed by atoms with Crippen LogP contribution in [0.25, 0.3) is 0 Å². The van der Waals surface area contributed by atoms with Gasteiger partial charge in [-0.25, -0.2) is 13.4 Å². The fraction of sp³-hybridized carbons (Fsp3) is 0.632. The van der Waals surface area contributed by atoms with Gasteiger partial charge < -0.3 is 15.1 Å². The molecule has 0 unspecified atom stereocenters. The van der Waals surface area contributed by atoms with E-state index in [4.69, 9.17) is 5.26 Å². The molecule has 1 aromatic rings. The average Bonchev–Trinajstić information content (AvgIpc) is 3.15. The van der Waals surface area contributed by atoms with Crippen molar-refractivity contribution < 1.29 is 13.2 Å². The van der Waals surface area contributed by atoms with Gasteiger partial charge in [-0.1, -0.05) is 0 Å². The van der Waals surface area contributed by atoms with Gasteiger partial charge in [0.05, 0.1) is 17.5 Å². The molecule has 3 rings (SSSR count). The summed E-state index contributed by atoms with van der Waals surface area (Å²) in [7, 11) is -3.24. The summed E-state index contributed by atoms with van der Waals surface area (Å²) in [5, 5.41) is 12.5. The van der Waals surface area contributed by atoms with E-state index in [0.29, 0.717) is 6.54 Å². The molecule has 1 N–H and O–H groups in total. The van der Waals surface area contributed by atoms with Crippen molar-refractivity contribution in [2.75, 3.05) is 37.3 Å². The number of likely N-dealkylation sites (tertiary alicyclic amines) is 1. The van der Waals surface area contributed by atoms with Crippen molar-refractivity contribution in [3.63, 3.8) is 0 Å². The SMILES string of the molecule is CC1(NCC(=O)N2CCC[C@H]2C#N)CCN(c2ccc(S(C)(=O)=O)cn2)CC1.Cl.Cl.